The quantitative estimate of drug-likeness (QED) is 0.759. The minimum Gasteiger partial charge on any atom is -0.373 e. The molecule has 1 saturated carbocycles. The van der Waals surface area contributed by atoms with E-state index in [0.717, 1.165) is 6.61 Å². The lowest BCUT2D eigenvalue weighted by molar-refractivity contribution is -0.00570. The van der Waals surface area contributed by atoms with Crippen molar-refractivity contribution in [2.24, 2.45) is 5.92 Å². The molecular formula is C17H24OS. The molecule has 2 fully saturated rings. The molecule has 1 aliphatic heterocycles. The van der Waals surface area contributed by atoms with Gasteiger partial charge in [-0.2, -0.15) is 0 Å². The minimum absolute atomic E-state index is 0.163. The first-order valence-corrected chi connectivity index (χ1v) is 8.54. The van der Waals surface area contributed by atoms with E-state index in [-0.39, 0.29) is 5.60 Å². The summed E-state index contributed by atoms with van der Waals surface area (Å²) >= 11 is 2.05. The third kappa shape index (κ3) is 2.85. The van der Waals surface area contributed by atoms with Gasteiger partial charge in [-0.25, -0.2) is 0 Å². The molecule has 0 bridgehead atoms. The van der Waals surface area contributed by atoms with Gasteiger partial charge in [-0.05, 0) is 30.9 Å². The average molecular weight is 276 g/mol. The van der Waals surface area contributed by atoms with Crippen molar-refractivity contribution in [1.29, 1.82) is 0 Å². The Labute approximate surface area is 121 Å². The highest BCUT2D eigenvalue weighted by Crippen LogP contribution is 2.48. The summed E-state index contributed by atoms with van der Waals surface area (Å²) in [5, 5.41) is 0.632. The van der Waals surface area contributed by atoms with Crippen LogP contribution in [0.15, 0.2) is 35.2 Å². The van der Waals surface area contributed by atoms with Crippen LogP contribution in [0.4, 0.5) is 0 Å². The summed E-state index contributed by atoms with van der Waals surface area (Å²) in [6.45, 7) is 3.31. The molecule has 2 atom stereocenters. The van der Waals surface area contributed by atoms with E-state index >= 15 is 0 Å². The van der Waals surface area contributed by atoms with Crippen LogP contribution in [-0.2, 0) is 4.74 Å². The van der Waals surface area contributed by atoms with E-state index in [9.17, 15) is 0 Å². The molecule has 0 amide bonds. The Morgan fingerprint density at radius 1 is 1.05 bits per heavy atom. The standard InChI is InChI=1S/C17H24OS/c1-14-13-18-17(11-7-2-3-8-12-17)16(14)19-15-9-5-4-6-10-15/h4-6,9-10,14,16H,2-3,7-8,11-13H2,1H3/t14-,16+/m1/s1. The molecule has 3 rings (SSSR count). The molecule has 0 N–H and O–H groups in total. The number of benzene rings is 1. The lowest BCUT2D eigenvalue weighted by atomic mass is 9.87. The third-order valence-electron chi connectivity index (χ3n) is 4.63. The van der Waals surface area contributed by atoms with E-state index in [1.165, 1.54) is 43.4 Å². The van der Waals surface area contributed by atoms with Crippen LogP contribution in [0, 0.1) is 5.92 Å². The highest BCUT2D eigenvalue weighted by Gasteiger charge is 2.48. The molecule has 2 heteroatoms. The second-order valence-electron chi connectivity index (χ2n) is 6.12. The molecule has 1 aliphatic carbocycles. The lowest BCUT2D eigenvalue weighted by Gasteiger charge is -2.34. The highest BCUT2D eigenvalue weighted by atomic mass is 32.2. The minimum atomic E-state index is 0.163. The molecule has 1 aromatic rings. The number of rotatable bonds is 2. The predicted molar refractivity (Wildman–Crippen MR) is 81.6 cm³/mol. The van der Waals surface area contributed by atoms with Gasteiger partial charge in [0.2, 0.25) is 0 Å². The molecule has 0 unspecified atom stereocenters. The Bertz CT molecular complexity index is 395. The summed E-state index contributed by atoms with van der Waals surface area (Å²) < 4.78 is 6.34. The van der Waals surface area contributed by atoms with Gasteiger partial charge in [-0.3, -0.25) is 0 Å². The summed E-state index contributed by atoms with van der Waals surface area (Å²) in [5.41, 5.74) is 0.163. The molecule has 19 heavy (non-hydrogen) atoms. The van der Waals surface area contributed by atoms with Gasteiger partial charge in [0.25, 0.3) is 0 Å². The van der Waals surface area contributed by atoms with E-state index in [1.807, 2.05) is 11.8 Å². The van der Waals surface area contributed by atoms with Crippen LogP contribution in [-0.4, -0.2) is 17.5 Å². The molecular weight excluding hydrogens is 252 g/mol. The van der Waals surface area contributed by atoms with Crippen LogP contribution in [0.3, 0.4) is 0 Å². The van der Waals surface area contributed by atoms with Crippen LogP contribution >= 0.6 is 11.8 Å². The largest absolute Gasteiger partial charge is 0.373 e. The smallest absolute Gasteiger partial charge is 0.0807 e. The van der Waals surface area contributed by atoms with Crippen molar-refractivity contribution in [1.82, 2.24) is 0 Å². The highest BCUT2D eigenvalue weighted by molar-refractivity contribution is 8.00. The SMILES string of the molecule is C[C@@H]1COC2(CCCCCC2)[C@H]1Sc1ccccc1. The van der Waals surface area contributed by atoms with Gasteiger partial charge in [0.15, 0.2) is 0 Å². The van der Waals surface area contributed by atoms with Gasteiger partial charge < -0.3 is 4.74 Å². The van der Waals surface area contributed by atoms with Crippen LogP contribution in [0.25, 0.3) is 0 Å². The number of thioether (sulfide) groups is 1. The fourth-order valence-corrected chi connectivity index (χ4v) is 5.05. The Morgan fingerprint density at radius 2 is 1.74 bits per heavy atom. The summed E-state index contributed by atoms with van der Waals surface area (Å²) in [4.78, 5) is 1.40. The summed E-state index contributed by atoms with van der Waals surface area (Å²) in [6, 6.07) is 10.9. The topological polar surface area (TPSA) is 9.23 Å². The molecule has 1 aromatic carbocycles. The zero-order valence-corrected chi connectivity index (χ0v) is 12.6. The van der Waals surface area contributed by atoms with E-state index in [4.69, 9.17) is 4.74 Å². The molecule has 1 spiro atoms. The summed E-state index contributed by atoms with van der Waals surface area (Å²) in [7, 11) is 0. The summed E-state index contributed by atoms with van der Waals surface area (Å²) in [6.07, 6.45) is 8.01. The molecule has 0 aromatic heterocycles. The first kappa shape index (κ1) is 13.5. The Balaban J connectivity index is 1.79. The van der Waals surface area contributed by atoms with Crippen LogP contribution in [0.2, 0.25) is 0 Å². The van der Waals surface area contributed by atoms with E-state index in [2.05, 4.69) is 37.3 Å². The lowest BCUT2D eigenvalue weighted by Crippen LogP contribution is -2.38. The predicted octanol–water partition coefficient (Wildman–Crippen LogP) is 4.91. The van der Waals surface area contributed by atoms with Crippen LogP contribution in [0.5, 0.6) is 0 Å². The number of hydrogen-bond donors (Lipinski definition) is 0. The van der Waals surface area contributed by atoms with Crippen LogP contribution < -0.4 is 0 Å². The van der Waals surface area contributed by atoms with Crippen molar-refractivity contribution in [3.05, 3.63) is 30.3 Å². The van der Waals surface area contributed by atoms with Gasteiger partial charge in [-0.1, -0.05) is 50.8 Å². The Kier molecular flexibility index (Phi) is 4.18. The Hall–Kier alpha value is -0.470. The first-order chi connectivity index (χ1) is 9.30. The maximum absolute atomic E-state index is 6.34. The second-order valence-corrected chi connectivity index (χ2v) is 7.33. The zero-order valence-electron chi connectivity index (χ0n) is 11.8. The van der Waals surface area contributed by atoms with Gasteiger partial charge in [0, 0.05) is 10.1 Å². The first-order valence-electron chi connectivity index (χ1n) is 7.66. The molecule has 2 aliphatic rings. The maximum Gasteiger partial charge on any atom is 0.0807 e. The van der Waals surface area contributed by atoms with Gasteiger partial charge in [0.05, 0.1) is 12.2 Å². The second kappa shape index (κ2) is 5.88. The van der Waals surface area contributed by atoms with E-state index in [0.29, 0.717) is 11.2 Å². The van der Waals surface area contributed by atoms with Crippen LogP contribution in [0.1, 0.15) is 45.4 Å². The Morgan fingerprint density at radius 3 is 2.42 bits per heavy atom. The molecule has 1 heterocycles. The average Bonchev–Trinajstić information content (AvgIpc) is 2.64. The third-order valence-corrected chi connectivity index (χ3v) is 6.32. The van der Waals surface area contributed by atoms with E-state index < -0.39 is 0 Å². The van der Waals surface area contributed by atoms with Crippen molar-refractivity contribution in [3.8, 4) is 0 Å². The van der Waals surface area contributed by atoms with Crippen molar-refractivity contribution < 1.29 is 4.74 Å². The molecule has 1 nitrogen and oxygen atoms in total. The zero-order chi connectivity index (χ0) is 13.1. The number of hydrogen-bond acceptors (Lipinski definition) is 2. The van der Waals surface area contributed by atoms with Crippen molar-refractivity contribution >= 4 is 11.8 Å². The fourth-order valence-electron chi connectivity index (χ4n) is 3.61. The van der Waals surface area contributed by atoms with Crippen molar-refractivity contribution in [2.75, 3.05) is 6.61 Å². The fraction of sp³-hybridized carbons (Fsp3) is 0.647. The van der Waals surface area contributed by atoms with Gasteiger partial charge in [0.1, 0.15) is 0 Å². The normalized spacial score (nSPS) is 30.4. The summed E-state index contributed by atoms with van der Waals surface area (Å²) in [5.74, 6) is 0.670. The van der Waals surface area contributed by atoms with Crippen molar-refractivity contribution in [2.45, 2.75) is 61.2 Å². The number of ether oxygens (including phenoxy) is 1. The van der Waals surface area contributed by atoms with Crippen molar-refractivity contribution in [3.63, 3.8) is 0 Å². The van der Waals surface area contributed by atoms with E-state index in [1.54, 1.807) is 0 Å². The molecule has 0 radical (unpaired) electrons. The maximum atomic E-state index is 6.34. The monoisotopic (exact) mass is 276 g/mol. The van der Waals surface area contributed by atoms with Gasteiger partial charge in [-0.15, -0.1) is 11.8 Å². The molecule has 1 saturated heterocycles. The molecule has 104 valence electrons. The van der Waals surface area contributed by atoms with Gasteiger partial charge >= 0.3 is 0 Å².